The average molecular weight is 628 g/mol. The Morgan fingerprint density at radius 3 is 1.76 bits per heavy atom. The summed E-state index contributed by atoms with van der Waals surface area (Å²) < 4.78 is 5.58. The van der Waals surface area contributed by atoms with Crippen molar-refractivity contribution in [1.29, 1.82) is 0 Å². The lowest BCUT2D eigenvalue weighted by molar-refractivity contribution is 0.452. The van der Waals surface area contributed by atoms with Crippen LogP contribution in [0.15, 0.2) is 77.7 Å². The second kappa shape index (κ2) is 12.5. The first-order valence-electron chi connectivity index (χ1n) is 14.1. The molecule has 2 saturated heterocycles. The van der Waals surface area contributed by atoms with Gasteiger partial charge >= 0.3 is 7.69 Å². The van der Waals surface area contributed by atoms with Gasteiger partial charge in [-0.15, -0.1) is 0 Å². The first-order valence-corrected chi connectivity index (χ1v) is 14.9. The van der Waals surface area contributed by atoms with Crippen LogP contribution in [0.4, 0.5) is 23.3 Å². The molecule has 0 spiro atoms. The lowest BCUT2D eigenvalue weighted by Crippen LogP contribution is -2.22. The molecule has 4 aromatic rings. The van der Waals surface area contributed by atoms with Crippen LogP contribution in [0, 0.1) is 23.7 Å². The maximum atomic E-state index is 8.46. The molecule has 2 aliphatic carbocycles. The fraction of sp³-hybridized carbons (Fsp3) is 0.333. The van der Waals surface area contributed by atoms with E-state index in [4.69, 9.17) is 21.1 Å². The zero-order valence-electron chi connectivity index (χ0n) is 23.1. The molecule has 6 heterocycles. The predicted octanol–water partition coefficient (Wildman–Crippen LogP) is 4.05. The Labute approximate surface area is 254 Å². The number of rotatable bonds is 5. The molecule has 0 bridgehead atoms. The Bertz CT molecular complexity index is 1460. The predicted molar refractivity (Wildman–Crippen MR) is 169 cm³/mol. The summed E-state index contributed by atoms with van der Waals surface area (Å²) in [5.74, 6) is 7.41. The zero-order valence-corrected chi connectivity index (χ0v) is 24.7. The molecule has 215 valence electrons. The molecular formula is C30H33BBrN8O2. The summed E-state index contributed by atoms with van der Waals surface area (Å²) in [5.41, 5.74) is 12.9. The number of nitrogens with two attached hydrogens (primary N) is 2. The van der Waals surface area contributed by atoms with E-state index in [1.807, 2.05) is 42.6 Å². The van der Waals surface area contributed by atoms with Crippen LogP contribution in [0.25, 0.3) is 11.3 Å². The van der Waals surface area contributed by atoms with E-state index in [9.17, 15) is 0 Å². The highest BCUT2D eigenvalue weighted by Crippen LogP contribution is 2.46. The molecule has 1 radical (unpaired) electrons. The molecule has 4 fully saturated rings. The van der Waals surface area contributed by atoms with Crippen molar-refractivity contribution in [2.45, 2.75) is 12.8 Å². The first kappa shape index (κ1) is 28.2. The molecular weight excluding hydrogens is 595 g/mol. The van der Waals surface area contributed by atoms with Crippen molar-refractivity contribution in [2.24, 2.45) is 23.7 Å². The van der Waals surface area contributed by atoms with Gasteiger partial charge in [-0.1, -0.05) is 12.1 Å². The van der Waals surface area contributed by atoms with Gasteiger partial charge in [-0.25, -0.2) is 19.9 Å². The van der Waals surface area contributed by atoms with Gasteiger partial charge < -0.3 is 30.9 Å². The van der Waals surface area contributed by atoms with Crippen molar-refractivity contribution in [1.82, 2.24) is 19.9 Å². The number of nitrogens with zero attached hydrogens (tertiary/aromatic N) is 6. The minimum Gasteiger partial charge on any atom is -0.536 e. The van der Waals surface area contributed by atoms with E-state index >= 15 is 0 Å². The molecule has 2 aliphatic heterocycles. The smallest absolute Gasteiger partial charge is 0.536 e. The average Bonchev–Trinajstić information content (AvgIpc) is 3.84. The summed E-state index contributed by atoms with van der Waals surface area (Å²) in [4.78, 5) is 21.7. The molecule has 0 amide bonds. The van der Waals surface area contributed by atoms with Crippen molar-refractivity contribution in [3.63, 3.8) is 0 Å². The van der Waals surface area contributed by atoms with Gasteiger partial charge in [0, 0.05) is 37.9 Å². The van der Waals surface area contributed by atoms with Crippen molar-refractivity contribution in [2.75, 3.05) is 47.4 Å². The van der Waals surface area contributed by atoms with Gasteiger partial charge in [0.15, 0.2) is 0 Å². The van der Waals surface area contributed by atoms with E-state index in [0.717, 1.165) is 64.3 Å². The summed E-state index contributed by atoms with van der Waals surface area (Å²) in [5, 5.41) is 8.46. The van der Waals surface area contributed by atoms with Crippen LogP contribution in [0.5, 0.6) is 5.75 Å². The largest absolute Gasteiger partial charge is 0.569 e. The number of aromatic nitrogens is 4. The third-order valence-corrected chi connectivity index (χ3v) is 8.51. The van der Waals surface area contributed by atoms with E-state index in [2.05, 4.69) is 57.8 Å². The van der Waals surface area contributed by atoms with Crippen LogP contribution in [-0.4, -0.2) is 58.8 Å². The molecule has 4 unspecified atom stereocenters. The summed E-state index contributed by atoms with van der Waals surface area (Å²) in [6.07, 6.45) is 6.34. The molecule has 42 heavy (non-hydrogen) atoms. The third kappa shape index (κ3) is 7.11. The lowest BCUT2D eigenvalue weighted by atomic mass is 10.2. The molecule has 10 nitrogen and oxygen atoms in total. The Kier molecular flexibility index (Phi) is 8.43. The number of halogens is 1. The van der Waals surface area contributed by atoms with Gasteiger partial charge in [0.2, 0.25) is 0 Å². The maximum absolute atomic E-state index is 8.46. The van der Waals surface area contributed by atoms with Crippen LogP contribution in [0.1, 0.15) is 12.8 Å². The van der Waals surface area contributed by atoms with Crippen LogP contribution in [0.2, 0.25) is 0 Å². The van der Waals surface area contributed by atoms with Crippen LogP contribution >= 0.6 is 15.9 Å². The van der Waals surface area contributed by atoms with Gasteiger partial charge in [-0.05, 0) is 101 Å². The number of anilines is 4. The number of hydrogen-bond acceptors (Lipinski definition) is 10. The summed E-state index contributed by atoms with van der Waals surface area (Å²) >= 11 is 3.17. The monoisotopic (exact) mass is 627 g/mol. The van der Waals surface area contributed by atoms with E-state index < -0.39 is 0 Å². The SMILES string of the molecule is Nc1cccc(-c2ccc(N3CC4CC4C3)nc2)n1.Nc1cccc(Br)n1.O[B]Oc1ccc(N2CC3CC3C2)nc1. The van der Waals surface area contributed by atoms with Crippen LogP contribution in [0.3, 0.4) is 0 Å². The highest BCUT2D eigenvalue weighted by Gasteiger charge is 2.46. The van der Waals surface area contributed by atoms with Gasteiger partial charge in [-0.2, -0.15) is 0 Å². The van der Waals surface area contributed by atoms with E-state index in [0.29, 0.717) is 25.1 Å². The van der Waals surface area contributed by atoms with E-state index in [-0.39, 0.29) is 0 Å². The Morgan fingerprint density at radius 2 is 1.31 bits per heavy atom. The maximum Gasteiger partial charge on any atom is 0.569 e. The summed E-state index contributed by atoms with van der Waals surface area (Å²) in [6, 6.07) is 19.0. The van der Waals surface area contributed by atoms with Crippen molar-refractivity contribution < 1.29 is 9.68 Å². The van der Waals surface area contributed by atoms with Gasteiger partial charge in [0.05, 0.1) is 11.9 Å². The fourth-order valence-corrected chi connectivity index (χ4v) is 5.98. The molecule has 4 aliphatic rings. The standard InChI is InChI=1S/C15H16N4.C10H12BN2O2.C5H5BrN2/c16-14-3-1-2-13(18-14)10-4-5-15(17-7-10)19-8-11-6-12(11)9-19;14-11-15-9-1-2-10(12-4-9)13-5-7-3-8(7)6-13;6-4-2-1-3-5(7)8-4/h1-5,7,11-12H,6,8-9H2,(H2,16,18);1-2,4,7-8,14H,3,5-6H2;1-3H,(H2,7,8). The second-order valence-corrected chi connectivity index (χ2v) is 11.9. The Balaban J connectivity index is 0.000000122. The Hall–Kier alpha value is -3.90. The van der Waals surface area contributed by atoms with Gasteiger partial charge in [0.1, 0.15) is 33.6 Å². The highest BCUT2D eigenvalue weighted by molar-refractivity contribution is 9.10. The third-order valence-electron chi connectivity index (χ3n) is 8.07. The normalized spacial score (nSPS) is 22.5. The number of nitrogen functional groups attached to an aromatic ring is 2. The van der Waals surface area contributed by atoms with Crippen molar-refractivity contribution in [3.8, 4) is 17.0 Å². The molecule has 8 rings (SSSR count). The number of fused-ring (bicyclic) bond motifs is 2. The summed E-state index contributed by atoms with van der Waals surface area (Å²) in [7, 11) is 0.668. The zero-order chi connectivity index (χ0) is 29.1. The quantitative estimate of drug-likeness (QED) is 0.219. The lowest BCUT2D eigenvalue weighted by Gasteiger charge is -2.18. The molecule has 4 aromatic heterocycles. The van der Waals surface area contributed by atoms with Crippen LogP contribution in [-0.2, 0) is 0 Å². The minimum absolute atomic E-state index is 0.541. The number of pyridine rings is 4. The van der Waals surface area contributed by atoms with Crippen molar-refractivity contribution in [3.05, 3.63) is 77.7 Å². The molecule has 12 heteroatoms. The van der Waals surface area contributed by atoms with Crippen LogP contribution < -0.4 is 25.9 Å². The fourth-order valence-electron chi connectivity index (χ4n) is 5.62. The van der Waals surface area contributed by atoms with E-state index in [1.165, 1.54) is 25.9 Å². The van der Waals surface area contributed by atoms with E-state index in [1.54, 1.807) is 18.3 Å². The minimum atomic E-state index is 0.541. The van der Waals surface area contributed by atoms with Crippen molar-refractivity contribution >= 4 is 46.9 Å². The number of piperidine rings is 2. The molecule has 4 atom stereocenters. The molecule has 0 aromatic carbocycles. The topological polar surface area (TPSA) is 140 Å². The number of hydrogen-bond donors (Lipinski definition) is 3. The van der Waals surface area contributed by atoms with Gasteiger partial charge in [-0.3, -0.25) is 0 Å². The summed E-state index contributed by atoms with van der Waals surface area (Å²) in [6.45, 7) is 4.63. The highest BCUT2D eigenvalue weighted by atomic mass is 79.9. The second-order valence-electron chi connectivity index (χ2n) is 11.1. The molecule has 2 saturated carbocycles. The Morgan fingerprint density at radius 1 is 0.738 bits per heavy atom. The first-order chi connectivity index (χ1) is 20.4. The molecule has 5 N–H and O–H groups in total. The van der Waals surface area contributed by atoms with Gasteiger partial charge in [0.25, 0.3) is 0 Å².